The van der Waals surface area contributed by atoms with Crippen LogP contribution in [0.25, 0.3) is 0 Å². The summed E-state index contributed by atoms with van der Waals surface area (Å²) in [5, 5.41) is 13.2. The number of phenols is 1. The molecule has 0 saturated carbocycles. The third-order valence-corrected chi connectivity index (χ3v) is 3.69. The molecule has 0 radical (unpaired) electrons. The number of amides is 1. The van der Waals surface area contributed by atoms with Gasteiger partial charge in [-0.15, -0.1) is 0 Å². The molecule has 0 bridgehead atoms. The molecule has 1 atom stereocenters. The minimum absolute atomic E-state index is 0.121. The number of nitrogens with zero attached hydrogens (tertiary/aromatic N) is 1. The molecule has 2 rings (SSSR count). The second-order valence-corrected chi connectivity index (χ2v) is 5.06. The number of hydrogen-bond acceptors (Lipinski definition) is 5. The van der Waals surface area contributed by atoms with Gasteiger partial charge in [-0.2, -0.15) is 0 Å². The van der Waals surface area contributed by atoms with Gasteiger partial charge in [0.1, 0.15) is 11.4 Å². The van der Waals surface area contributed by atoms with Crippen LogP contribution < -0.4 is 10.2 Å². The van der Waals surface area contributed by atoms with Crippen LogP contribution in [-0.4, -0.2) is 43.7 Å². The van der Waals surface area contributed by atoms with E-state index in [0.717, 1.165) is 25.8 Å². The molecule has 1 heterocycles. The molecule has 1 unspecified atom stereocenters. The second-order valence-electron chi connectivity index (χ2n) is 5.06. The Morgan fingerprint density at radius 1 is 1.38 bits per heavy atom. The van der Waals surface area contributed by atoms with Gasteiger partial charge in [-0.25, -0.2) is 4.79 Å². The summed E-state index contributed by atoms with van der Waals surface area (Å²) in [7, 11) is 2.82. The van der Waals surface area contributed by atoms with Crippen LogP contribution in [-0.2, 0) is 9.53 Å². The summed E-state index contributed by atoms with van der Waals surface area (Å²) in [5.41, 5.74) is 0.353. The lowest BCUT2D eigenvalue weighted by atomic mass is 10.0. The van der Waals surface area contributed by atoms with Crippen molar-refractivity contribution in [2.24, 2.45) is 0 Å². The van der Waals surface area contributed by atoms with E-state index in [2.05, 4.69) is 5.32 Å². The number of carbonyl (C=O) groups excluding carboxylic acids is 2. The lowest BCUT2D eigenvalue weighted by molar-refractivity contribution is -0.120. The average molecular weight is 292 g/mol. The highest BCUT2D eigenvalue weighted by Crippen LogP contribution is 2.31. The molecule has 1 aromatic rings. The second kappa shape index (κ2) is 6.58. The first-order valence-corrected chi connectivity index (χ1v) is 6.97. The highest BCUT2D eigenvalue weighted by molar-refractivity contribution is 6.05. The van der Waals surface area contributed by atoms with E-state index >= 15 is 0 Å². The number of phenolic OH excluding ortho intramolecular Hbond substituents is 1. The molecule has 1 aromatic carbocycles. The number of hydrogen-bond donors (Lipinski definition) is 2. The quantitative estimate of drug-likeness (QED) is 0.821. The minimum atomic E-state index is -0.586. The third-order valence-electron chi connectivity index (χ3n) is 3.69. The Balaban J connectivity index is 2.31. The van der Waals surface area contributed by atoms with Gasteiger partial charge in [0.15, 0.2) is 0 Å². The van der Waals surface area contributed by atoms with Gasteiger partial charge in [-0.05, 0) is 31.5 Å². The van der Waals surface area contributed by atoms with Crippen molar-refractivity contribution < 1.29 is 19.4 Å². The lowest BCUT2D eigenvalue weighted by Crippen LogP contribution is -2.47. The molecule has 114 valence electrons. The van der Waals surface area contributed by atoms with E-state index in [-0.39, 0.29) is 28.9 Å². The van der Waals surface area contributed by atoms with Gasteiger partial charge in [0.2, 0.25) is 5.91 Å². The van der Waals surface area contributed by atoms with Crippen molar-refractivity contribution in [2.75, 3.05) is 25.6 Å². The SMILES string of the molecule is COC(=O)c1cccc(O)c1N(C)C(=O)C1CCCCN1. The number of para-hydroxylation sites is 1. The Morgan fingerprint density at radius 3 is 2.76 bits per heavy atom. The van der Waals surface area contributed by atoms with E-state index in [9.17, 15) is 14.7 Å². The molecule has 1 amide bonds. The van der Waals surface area contributed by atoms with Crippen LogP contribution in [0.3, 0.4) is 0 Å². The number of carbonyl (C=O) groups is 2. The number of benzene rings is 1. The van der Waals surface area contributed by atoms with Crippen LogP contribution in [0.5, 0.6) is 5.75 Å². The Kier molecular flexibility index (Phi) is 4.80. The smallest absolute Gasteiger partial charge is 0.340 e. The molecule has 0 aromatic heterocycles. The summed E-state index contributed by atoms with van der Waals surface area (Å²) in [5.74, 6) is -0.872. The largest absolute Gasteiger partial charge is 0.506 e. The molecule has 1 aliphatic rings. The van der Waals surface area contributed by atoms with Gasteiger partial charge in [0, 0.05) is 7.05 Å². The van der Waals surface area contributed by atoms with Crippen LogP contribution >= 0.6 is 0 Å². The predicted molar refractivity (Wildman–Crippen MR) is 78.5 cm³/mol. The fraction of sp³-hybridized carbons (Fsp3) is 0.467. The van der Waals surface area contributed by atoms with Gasteiger partial charge >= 0.3 is 5.97 Å². The van der Waals surface area contributed by atoms with Gasteiger partial charge < -0.3 is 20.1 Å². The number of likely N-dealkylation sites (N-methyl/N-ethyl adjacent to an activating group) is 1. The number of piperidine rings is 1. The number of methoxy groups -OCH3 is 1. The van der Waals surface area contributed by atoms with Crippen molar-refractivity contribution in [3.05, 3.63) is 23.8 Å². The fourth-order valence-electron chi connectivity index (χ4n) is 2.57. The third kappa shape index (κ3) is 3.16. The van der Waals surface area contributed by atoms with Crippen molar-refractivity contribution >= 4 is 17.6 Å². The standard InChI is InChI=1S/C15H20N2O4/c1-17(14(19)11-7-3-4-9-16-11)13-10(15(20)21-2)6-5-8-12(13)18/h5-6,8,11,16,18H,3-4,7,9H2,1-2H3. The highest BCUT2D eigenvalue weighted by Gasteiger charge is 2.28. The summed E-state index contributed by atoms with van der Waals surface area (Å²) in [4.78, 5) is 25.6. The summed E-state index contributed by atoms with van der Waals surface area (Å²) in [6.07, 6.45) is 2.80. The molecular weight excluding hydrogens is 272 g/mol. The molecule has 1 saturated heterocycles. The number of ether oxygens (including phenoxy) is 1. The molecule has 0 aliphatic carbocycles. The molecular formula is C15H20N2O4. The molecule has 0 spiro atoms. The lowest BCUT2D eigenvalue weighted by Gasteiger charge is -2.28. The Bertz CT molecular complexity index is 538. The first kappa shape index (κ1) is 15.3. The molecule has 6 nitrogen and oxygen atoms in total. The average Bonchev–Trinajstić information content (AvgIpc) is 2.53. The minimum Gasteiger partial charge on any atom is -0.506 e. The topological polar surface area (TPSA) is 78.9 Å². The van der Waals surface area contributed by atoms with Crippen LogP contribution in [0, 0.1) is 0 Å². The zero-order valence-electron chi connectivity index (χ0n) is 12.3. The highest BCUT2D eigenvalue weighted by atomic mass is 16.5. The maximum atomic E-state index is 12.5. The van der Waals surface area contributed by atoms with Crippen molar-refractivity contribution in [1.82, 2.24) is 5.32 Å². The van der Waals surface area contributed by atoms with E-state index in [1.165, 1.54) is 24.1 Å². The number of aromatic hydroxyl groups is 1. The monoisotopic (exact) mass is 292 g/mol. The zero-order valence-corrected chi connectivity index (χ0v) is 12.3. The maximum absolute atomic E-state index is 12.5. The summed E-state index contributed by atoms with van der Waals surface area (Å²) >= 11 is 0. The maximum Gasteiger partial charge on any atom is 0.340 e. The van der Waals surface area contributed by atoms with Gasteiger partial charge in [0.05, 0.1) is 18.7 Å². The summed E-state index contributed by atoms with van der Waals surface area (Å²) < 4.78 is 4.70. The predicted octanol–water partition coefficient (Wildman–Crippen LogP) is 1.28. The van der Waals surface area contributed by atoms with Gasteiger partial charge in [0.25, 0.3) is 0 Å². The first-order chi connectivity index (χ1) is 10.1. The molecule has 2 N–H and O–H groups in total. The van der Waals surface area contributed by atoms with Crippen molar-refractivity contribution in [2.45, 2.75) is 25.3 Å². The van der Waals surface area contributed by atoms with Crippen molar-refractivity contribution in [3.8, 4) is 5.75 Å². The number of anilines is 1. The van der Waals surface area contributed by atoms with E-state index in [1.807, 2.05) is 0 Å². The van der Waals surface area contributed by atoms with Gasteiger partial charge in [-0.1, -0.05) is 12.5 Å². The number of nitrogens with one attached hydrogen (secondary N) is 1. The van der Waals surface area contributed by atoms with E-state index < -0.39 is 5.97 Å². The number of rotatable bonds is 3. The first-order valence-electron chi connectivity index (χ1n) is 6.97. The van der Waals surface area contributed by atoms with Gasteiger partial charge in [-0.3, -0.25) is 4.79 Å². The van der Waals surface area contributed by atoms with Crippen LogP contribution in [0.2, 0.25) is 0 Å². The molecule has 1 fully saturated rings. The van der Waals surface area contributed by atoms with E-state index in [0.29, 0.717) is 0 Å². The number of esters is 1. The Hall–Kier alpha value is -2.08. The van der Waals surface area contributed by atoms with E-state index in [4.69, 9.17) is 4.74 Å². The Labute approximate surface area is 123 Å². The van der Waals surface area contributed by atoms with Crippen LogP contribution in [0.1, 0.15) is 29.6 Å². The van der Waals surface area contributed by atoms with Crippen LogP contribution in [0.4, 0.5) is 5.69 Å². The van der Waals surface area contributed by atoms with Crippen LogP contribution in [0.15, 0.2) is 18.2 Å². The summed E-state index contributed by atoms with van der Waals surface area (Å²) in [6.45, 7) is 0.800. The molecule has 1 aliphatic heterocycles. The normalized spacial score (nSPS) is 18.1. The molecule has 6 heteroatoms. The summed E-state index contributed by atoms with van der Waals surface area (Å²) in [6, 6.07) is 4.23. The van der Waals surface area contributed by atoms with Crippen molar-refractivity contribution in [1.29, 1.82) is 0 Å². The van der Waals surface area contributed by atoms with E-state index in [1.54, 1.807) is 13.1 Å². The van der Waals surface area contributed by atoms with Crippen molar-refractivity contribution in [3.63, 3.8) is 0 Å². The zero-order chi connectivity index (χ0) is 15.4. The molecule has 21 heavy (non-hydrogen) atoms. The fourth-order valence-corrected chi connectivity index (χ4v) is 2.57. The Morgan fingerprint density at radius 2 is 2.14 bits per heavy atom.